The highest BCUT2D eigenvalue weighted by molar-refractivity contribution is 6.27. The molecule has 12 heteroatoms. The summed E-state index contributed by atoms with van der Waals surface area (Å²) in [4.78, 5) is 41.7. The van der Waals surface area contributed by atoms with E-state index in [0.717, 1.165) is 22.0 Å². The van der Waals surface area contributed by atoms with Gasteiger partial charge in [-0.3, -0.25) is 29.3 Å². The second kappa shape index (κ2) is 12.1. The van der Waals surface area contributed by atoms with Crippen molar-refractivity contribution in [2.24, 2.45) is 5.92 Å². The van der Waals surface area contributed by atoms with Gasteiger partial charge in [-0.2, -0.15) is 0 Å². The van der Waals surface area contributed by atoms with Gasteiger partial charge in [-0.1, -0.05) is 60.7 Å². The number of anilines is 3. The van der Waals surface area contributed by atoms with Crippen molar-refractivity contribution in [3.8, 4) is 0 Å². The number of aliphatic hydroxyl groups is 2. The van der Waals surface area contributed by atoms with E-state index in [1.807, 2.05) is 66.7 Å². The monoisotopic (exact) mass is 644 g/mol. The number of fused-ring (bicyclic) bond motifs is 1. The van der Waals surface area contributed by atoms with Crippen LogP contribution in [0.1, 0.15) is 40.5 Å². The Hall–Kier alpha value is -5.72. The molecule has 0 radical (unpaired) electrons. The van der Waals surface area contributed by atoms with E-state index >= 15 is 0 Å². The van der Waals surface area contributed by atoms with Crippen molar-refractivity contribution >= 4 is 45.3 Å². The first kappa shape index (κ1) is 30.9. The van der Waals surface area contributed by atoms with Crippen LogP contribution in [-0.2, 0) is 29.9 Å². The Morgan fingerprint density at radius 1 is 1.02 bits per heavy atom. The summed E-state index contributed by atoms with van der Waals surface area (Å²) in [6, 6.07) is 22.9. The molecule has 3 heterocycles. The Balaban J connectivity index is 1.12. The van der Waals surface area contributed by atoms with Crippen LogP contribution in [0.2, 0.25) is 0 Å². The molecule has 0 aliphatic carbocycles. The molecule has 0 fully saturated rings. The van der Waals surface area contributed by atoms with Gasteiger partial charge in [-0.15, -0.1) is 5.10 Å². The van der Waals surface area contributed by atoms with Crippen molar-refractivity contribution < 1.29 is 24.7 Å². The van der Waals surface area contributed by atoms with Gasteiger partial charge in [0.05, 0.1) is 34.1 Å². The molecule has 242 valence electrons. The third-order valence-electron chi connectivity index (χ3n) is 9.12. The molecule has 0 unspecified atom stereocenters. The maximum atomic E-state index is 14.1. The fraction of sp³-hybridized carbons (Fsp3) is 0.222. The van der Waals surface area contributed by atoms with E-state index in [1.54, 1.807) is 28.8 Å². The number of allylic oxidation sites excluding steroid dienone is 1. The zero-order chi connectivity index (χ0) is 33.6. The van der Waals surface area contributed by atoms with E-state index in [0.29, 0.717) is 42.0 Å². The van der Waals surface area contributed by atoms with Gasteiger partial charge in [0, 0.05) is 60.5 Å². The van der Waals surface area contributed by atoms with Crippen molar-refractivity contribution in [3.05, 3.63) is 130 Å². The third kappa shape index (κ3) is 5.11. The Bertz CT molecular complexity index is 2100. The van der Waals surface area contributed by atoms with E-state index < -0.39 is 22.3 Å². The maximum Gasteiger partial charge on any atom is 0.269 e. The maximum absolute atomic E-state index is 14.1. The smallest absolute Gasteiger partial charge is 0.269 e. The average Bonchev–Trinajstić information content (AvgIpc) is 3.73. The molecule has 12 nitrogen and oxygen atoms in total. The van der Waals surface area contributed by atoms with E-state index in [1.165, 1.54) is 23.1 Å². The second-order valence-electron chi connectivity index (χ2n) is 12.1. The van der Waals surface area contributed by atoms with Crippen LogP contribution in [0.3, 0.4) is 0 Å². The van der Waals surface area contributed by atoms with Gasteiger partial charge in [0.2, 0.25) is 0 Å². The summed E-state index contributed by atoms with van der Waals surface area (Å²) in [7, 11) is 0. The first-order chi connectivity index (χ1) is 23.2. The number of non-ortho nitro benzene ring substituents is 1. The fourth-order valence-electron chi connectivity index (χ4n) is 6.63. The normalized spacial score (nSPS) is 17.6. The number of benzene rings is 4. The number of amides is 2. The highest BCUT2D eigenvalue weighted by Crippen LogP contribution is 2.47. The van der Waals surface area contributed by atoms with Crippen LogP contribution < -0.4 is 9.80 Å². The summed E-state index contributed by atoms with van der Waals surface area (Å²) in [5.74, 6) is -1.41. The van der Waals surface area contributed by atoms with Crippen LogP contribution >= 0.6 is 0 Å². The standard InChI is InChI=1S/C36H32N6O6/c1-23(6-2-3-18-39-22-26(17-19-43)37-38-39)36(46)30-20-28(42(47)48)15-16-31(30)40(35(36)45)21-24-11-13-27(14-12-24)41-32-10-5-8-25-7-4-9-29(33(25)32)34(41)44/h2,4-16,20,22-23,43,46H,3,17-19,21H2,1H3/b6-2+/t23-,36+/m0/s1. The van der Waals surface area contributed by atoms with Crippen LogP contribution in [0, 0.1) is 16.0 Å². The zero-order valence-corrected chi connectivity index (χ0v) is 26.1. The minimum absolute atomic E-state index is 0.0172. The molecule has 2 aliphatic rings. The number of aromatic nitrogens is 3. The summed E-state index contributed by atoms with van der Waals surface area (Å²) < 4.78 is 1.65. The topological polar surface area (TPSA) is 155 Å². The van der Waals surface area contributed by atoms with Crippen LogP contribution in [0.15, 0.2) is 97.2 Å². The predicted octanol–water partition coefficient (Wildman–Crippen LogP) is 5.18. The van der Waals surface area contributed by atoms with Crippen LogP contribution in [0.5, 0.6) is 0 Å². The number of nitro benzene ring substituents is 1. The number of nitrogens with zero attached hydrogens (tertiary/aromatic N) is 6. The van der Waals surface area contributed by atoms with E-state index in [-0.39, 0.29) is 30.3 Å². The van der Waals surface area contributed by atoms with Crippen LogP contribution in [0.25, 0.3) is 10.8 Å². The number of carbonyl (C=O) groups excluding carboxylic acids is 2. The van der Waals surface area contributed by atoms with Gasteiger partial charge in [-0.05, 0) is 47.7 Å². The summed E-state index contributed by atoms with van der Waals surface area (Å²) in [6.45, 7) is 2.30. The lowest BCUT2D eigenvalue weighted by Crippen LogP contribution is -2.44. The number of aliphatic hydroxyl groups excluding tert-OH is 1. The lowest BCUT2D eigenvalue weighted by molar-refractivity contribution is -0.385. The molecular weight excluding hydrogens is 612 g/mol. The Morgan fingerprint density at radius 2 is 1.79 bits per heavy atom. The van der Waals surface area contributed by atoms with Crippen molar-refractivity contribution in [2.75, 3.05) is 16.4 Å². The fourth-order valence-corrected chi connectivity index (χ4v) is 6.63. The summed E-state index contributed by atoms with van der Waals surface area (Å²) in [5, 5.41) is 42.7. The average molecular weight is 645 g/mol. The number of hydrogen-bond acceptors (Lipinski definition) is 8. The highest BCUT2D eigenvalue weighted by atomic mass is 16.6. The molecule has 5 aromatic rings. The van der Waals surface area contributed by atoms with E-state index in [9.17, 15) is 24.8 Å². The number of rotatable bonds is 11. The number of aryl methyl sites for hydroxylation is 1. The Labute approximate surface area is 275 Å². The summed E-state index contributed by atoms with van der Waals surface area (Å²) >= 11 is 0. The molecule has 0 spiro atoms. The van der Waals surface area contributed by atoms with Gasteiger partial charge in [0.25, 0.3) is 17.5 Å². The quantitative estimate of drug-likeness (QED) is 0.113. The minimum Gasteiger partial charge on any atom is -0.396 e. The Kier molecular flexibility index (Phi) is 7.82. The molecule has 0 saturated carbocycles. The molecule has 2 N–H and O–H groups in total. The first-order valence-electron chi connectivity index (χ1n) is 15.7. The number of nitro groups is 1. The highest BCUT2D eigenvalue weighted by Gasteiger charge is 2.53. The SMILES string of the molecule is C[C@@H](/C=C/CCn1cc(CCO)nn1)[C@]1(O)C(=O)N(Cc2ccc(N3C(=O)c4cccc5cccc3c45)cc2)c2ccc([N+](=O)[O-])cc21. The number of hydrogen-bond donors (Lipinski definition) is 2. The van der Waals surface area contributed by atoms with Crippen molar-refractivity contribution in [1.82, 2.24) is 15.0 Å². The molecule has 2 aliphatic heterocycles. The van der Waals surface area contributed by atoms with Gasteiger partial charge >= 0.3 is 0 Å². The summed E-state index contributed by atoms with van der Waals surface area (Å²) in [6.07, 6.45) is 6.27. The lowest BCUT2D eigenvalue weighted by atomic mass is 9.82. The molecule has 0 saturated heterocycles. The molecule has 48 heavy (non-hydrogen) atoms. The molecule has 2 amide bonds. The second-order valence-corrected chi connectivity index (χ2v) is 12.1. The first-order valence-corrected chi connectivity index (χ1v) is 15.7. The zero-order valence-electron chi connectivity index (χ0n) is 26.1. The predicted molar refractivity (Wildman–Crippen MR) is 179 cm³/mol. The van der Waals surface area contributed by atoms with Gasteiger partial charge < -0.3 is 15.1 Å². The minimum atomic E-state index is -2.04. The van der Waals surface area contributed by atoms with Crippen molar-refractivity contribution in [3.63, 3.8) is 0 Å². The van der Waals surface area contributed by atoms with Gasteiger partial charge in [0.15, 0.2) is 5.60 Å². The van der Waals surface area contributed by atoms with Gasteiger partial charge in [0.1, 0.15) is 0 Å². The largest absolute Gasteiger partial charge is 0.396 e. The molecule has 0 bridgehead atoms. The molecule has 1 aromatic heterocycles. The lowest BCUT2D eigenvalue weighted by Gasteiger charge is -2.27. The molecular formula is C36H32N6O6. The van der Waals surface area contributed by atoms with Crippen molar-refractivity contribution in [2.45, 2.75) is 38.5 Å². The molecule has 7 rings (SSSR count). The van der Waals surface area contributed by atoms with E-state index in [4.69, 9.17) is 5.11 Å². The molecule has 2 atom stereocenters. The van der Waals surface area contributed by atoms with Gasteiger partial charge in [-0.25, -0.2) is 0 Å². The third-order valence-corrected chi connectivity index (χ3v) is 9.12. The van der Waals surface area contributed by atoms with Crippen LogP contribution in [-0.4, -0.2) is 48.6 Å². The number of carbonyl (C=O) groups is 2. The van der Waals surface area contributed by atoms with E-state index in [2.05, 4.69) is 10.3 Å². The van der Waals surface area contributed by atoms with Crippen LogP contribution in [0.4, 0.5) is 22.7 Å². The molecule has 4 aromatic carbocycles. The van der Waals surface area contributed by atoms with Crippen molar-refractivity contribution in [1.29, 1.82) is 0 Å². The summed E-state index contributed by atoms with van der Waals surface area (Å²) in [5.41, 5.74) is 1.88. The Morgan fingerprint density at radius 3 is 2.54 bits per heavy atom.